The highest BCUT2D eigenvalue weighted by Gasteiger charge is 2.24. The molecule has 9 aromatic heterocycles. The Morgan fingerprint density at radius 1 is 0.500 bits per heavy atom. The first-order valence-electron chi connectivity index (χ1n) is 10.4. The maximum atomic E-state index is 5.16. The van der Waals surface area contributed by atoms with Crippen molar-refractivity contribution in [1.29, 1.82) is 0 Å². The van der Waals surface area contributed by atoms with Crippen LogP contribution in [0.5, 0.6) is 0 Å². The molecule has 0 saturated heterocycles. The Morgan fingerprint density at radius 2 is 1.00 bits per heavy atom. The molecule has 9 aromatic rings. The Morgan fingerprint density at radius 3 is 1.53 bits per heavy atom. The lowest BCUT2D eigenvalue weighted by atomic mass is 10.2. The summed E-state index contributed by atoms with van der Waals surface area (Å²) in [6, 6.07) is 10.5. The van der Waals surface area contributed by atoms with E-state index in [1.54, 1.807) is 0 Å². The summed E-state index contributed by atoms with van der Waals surface area (Å²) >= 11 is 0. The van der Waals surface area contributed by atoms with Crippen molar-refractivity contribution in [1.82, 2.24) is 33.7 Å². The number of fused-ring (bicyclic) bond motifs is 12. The number of rotatable bonds is 0. The molecule has 9 rings (SSSR count). The highest BCUT2D eigenvalue weighted by Crippen LogP contribution is 2.41. The Hall–Kier alpha value is -4.65. The van der Waals surface area contributed by atoms with Crippen molar-refractivity contribution >= 4 is 76.7 Å². The summed E-state index contributed by atoms with van der Waals surface area (Å²) in [6.45, 7) is 0. The molecule has 7 heteroatoms. The van der Waals surface area contributed by atoms with Gasteiger partial charge in [0.2, 0.25) is 0 Å². The van der Waals surface area contributed by atoms with Gasteiger partial charge < -0.3 is 8.80 Å². The van der Waals surface area contributed by atoms with Crippen molar-refractivity contribution in [2.45, 2.75) is 0 Å². The minimum atomic E-state index is 0.891. The van der Waals surface area contributed by atoms with E-state index in [-0.39, 0.29) is 0 Å². The van der Waals surface area contributed by atoms with E-state index in [1.165, 1.54) is 21.5 Å². The summed E-state index contributed by atoms with van der Waals surface area (Å²) in [5.74, 6) is 0. The Bertz CT molecular complexity index is 2050. The van der Waals surface area contributed by atoms with Gasteiger partial charge in [-0.25, -0.2) is 4.98 Å². The quantitative estimate of drug-likeness (QED) is 0.354. The second-order valence-corrected chi connectivity index (χ2v) is 8.29. The molecule has 0 aliphatic carbocycles. The van der Waals surface area contributed by atoms with E-state index >= 15 is 0 Å². The molecule has 32 heavy (non-hydrogen) atoms. The zero-order chi connectivity index (χ0) is 20.6. The lowest BCUT2D eigenvalue weighted by molar-refractivity contribution is 1.28. The zero-order valence-electron chi connectivity index (χ0n) is 16.5. The van der Waals surface area contributed by atoms with Gasteiger partial charge in [-0.15, -0.1) is 0 Å². The number of hydrogen-bond donors (Lipinski definition) is 0. The SMILES string of the molecule is c1cc2c3ccnc4c5nc6c7nccc8c9ccncc9n(c6cc5n(c2cn1)c34)c87. The van der Waals surface area contributed by atoms with E-state index in [1.807, 2.05) is 37.2 Å². The van der Waals surface area contributed by atoms with E-state index in [0.717, 1.165) is 55.2 Å². The Kier molecular flexibility index (Phi) is 2.28. The van der Waals surface area contributed by atoms with Crippen LogP contribution in [0.3, 0.4) is 0 Å². The first-order chi connectivity index (χ1) is 15.9. The molecule has 0 radical (unpaired) electrons. The largest absolute Gasteiger partial charge is 0.303 e. The van der Waals surface area contributed by atoms with Gasteiger partial charge in [-0.05, 0) is 30.3 Å². The molecule has 9 heterocycles. The van der Waals surface area contributed by atoms with Gasteiger partial charge in [-0.1, -0.05) is 0 Å². The molecule has 0 fully saturated rings. The van der Waals surface area contributed by atoms with Gasteiger partial charge in [0.05, 0.1) is 45.5 Å². The summed E-state index contributed by atoms with van der Waals surface area (Å²) in [7, 11) is 0. The number of aromatic nitrogens is 7. The smallest absolute Gasteiger partial charge is 0.116 e. The number of pyridine rings is 5. The lowest BCUT2D eigenvalue weighted by Crippen LogP contribution is -1.87. The highest BCUT2D eigenvalue weighted by atomic mass is 15.0. The Labute approximate surface area is 178 Å². The number of nitrogens with zero attached hydrogens (tertiary/aromatic N) is 7. The minimum absolute atomic E-state index is 0.891. The highest BCUT2D eigenvalue weighted by molar-refractivity contribution is 6.25. The third kappa shape index (κ3) is 1.46. The van der Waals surface area contributed by atoms with Crippen LogP contribution in [-0.4, -0.2) is 33.7 Å². The van der Waals surface area contributed by atoms with Crippen molar-refractivity contribution in [3.05, 3.63) is 67.5 Å². The summed E-state index contributed by atoms with van der Waals surface area (Å²) in [4.78, 5) is 23.4. The second-order valence-electron chi connectivity index (χ2n) is 8.29. The molecule has 0 aliphatic rings. The Balaban J connectivity index is 1.64. The van der Waals surface area contributed by atoms with Gasteiger partial charge >= 0.3 is 0 Å². The van der Waals surface area contributed by atoms with E-state index < -0.39 is 0 Å². The predicted octanol–water partition coefficient (Wildman–Crippen LogP) is 4.96. The molecule has 0 atom stereocenters. The molecule has 0 N–H and O–H groups in total. The van der Waals surface area contributed by atoms with Crippen LogP contribution < -0.4 is 0 Å². The van der Waals surface area contributed by atoms with Crippen LogP contribution in [0.1, 0.15) is 0 Å². The van der Waals surface area contributed by atoms with Crippen LogP contribution in [-0.2, 0) is 0 Å². The van der Waals surface area contributed by atoms with Crippen LogP contribution >= 0.6 is 0 Å². The first kappa shape index (κ1) is 15.2. The standard InChI is InChI=1S/C25H11N7/c1-5-26-10-18-12(1)14-3-7-28-22-20-16(31(18)24(14)22)9-17-21(30-20)23-25-15(4-8-29-23)13-2-6-27-11-19(13)32(17)25/h1-11H. The van der Waals surface area contributed by atoms with Crippen molar-refractivity contribution in [2.75, 3.05) is 0 Å². The van der Waals surface area contributed by atoms with E-state index in [0.29, 0.717) is 0 Å². The molecule has 0 amide bonds. The third-order valence-corrected chi connectivity index (χ3v) is 6.87. The molecule has 0 unspecified atom stereocenters. The second kappa shape index (κ2) is 4.81. The van der Waals surface area contributed by atoms with Crippen molar-refractivity contribution < 1.29 is 0 Å². The van der Waals surface area contributed by atoms with Gasteiger partial charge in [-0.2, -0.15) is 0 Å². The summed E-state index contributed by atoms with van der Waals surface area (Å²) in [5, 5.41) is 4.68. The van der Waals surface area contributed by atoms with Crippen molar-refractivity contribution in [3.8, 4) is 0 Å². The molecule has 0 aromatic carbocycles. The summed E-state index contributed by atoms with van der Waals surface area (Å²) in [5.41, 5.74) is 9.96. The fourth-order valence-corrected chi connectivity index (χ4v) is 5.65. The van der Waals surface area contributed by atoms with Crippen molar-refractivity contribution in [3.63, 3.8) is 0 Å². The van der Waals surface area contributed by atoms with Crippen LogP contribution in [0.2, 0.25) is 0 Å². The molecule has 146 valence electrons. The van der Waals surface area contributed by atoms with Gasteiger partial charge in [0.1, 0.15) is 22.1 Å². The maximum absolute atomic E-state index is 5.16. The monoisotopic (exact) mass is 409 g/mol. The molecule has 0 aliphatic heterocycles. The molecular formula is C25H11N7. The van der Waals surface area contributed by atoms with Gasteiger partial charge in [0.15, 0.2) is 0 Å². The summed E-state index contributed by atoms with van der Waals surface area (Å²) in [6.07, 6.45) is 11.3. The minimum Gasteiger partial charge on any atom is -0.303 e. The average molecular weight is 409 g/mol. The molecular weight excluding hydrogens is 398 g/mol. The van der Waals surface area contributed by atoms with Crippen LogP contribution in [0.15, 0.2) is 67.5 Å². The number of hydrogen-bond acceptors (Lipinski definition) is 5. The molecule has 7 nitrogen and oxygen atoms in total. The first-order valence-corrected chi connectivity index (χ1v) is 10.4. The zero-order valence-corrected chi connectivity index (χ0v) is 16.5. The van der Waals surface area contributed by atoms with Crippen LogP contribution in [0, 0.1) is 0 Å². The predicted molar refractivity (Wildman–Crippen MR) is 125 cm³/mol. The fourth-order valence-electron chi connectivity index (χ4n) is 5.65. The lowest BCUT2D eigenvalue weighted by Gasteiger charge is -1.99. The van der Waals surface area contributed by atoms with E-state index in [9.17, 15) is 0 Å². The van der Waals surface area contributed by atoms with Crippen LogP contribution in [0.4, 0.5) is 0 Å². The van der Waals surface area contributed by atoms with Crippen molar-refractivity contribution in [2.24, 2.45) is 0 Å². The summed E-state index contributed by atoms with van der Waals surface area (Å²) < 4.78 is 4.50. The molecule has 0 saturated carbocycles. The van der Waals surface area contributed by atoms with E-state index in [2.05, 4.69) is 49.1 Å². The van der Waals surface area contributed by atoms with Crippen LogP contribution in [0.25, 0.3) is 76.7 Å². The third-order valence-electron chi connectivity index (χ3n) is 6.87. The molecule has 0 bridgehead atoms. The normalized spacial score (nSPS) is 13.0. The average Bonchev–Trinajstić information content (AvgIpc) is 3.56. The fraction of sp³-hybridized carbons (Fsp3) is 0. The maximum Gasteiger partial charge on any atom is 0.116 e. The van der Waals surface area contributed by atoms with Gasteiger partial charge in [-0.3, -0.25) is 19.9 Å². The van der Waals surface area contributed by atoms with E-state index in [4.69, 9.17) is 15.0 Å². The molecule has 0 spiro atoms. The topological polar surface area (TPSA) is 73.3 Å². The van der Waals surface area contributed by atoms with Gasteiger partial charge in [0, 0.05) is 46.3 Å². The van der Waals surface area contributed by atoms with Gasteiger partial charge in [0.25, 0.3) is 0 Å².